The molecule has 16 heavy (non-hydrogen) atoms. The van der Waals surface area contributed by atoms with Crippen LogP contribution in [0.25, 0.3) is 0 Å². The van der Waals surface area contributed by atoms with Crippen molar-refractivity contribution < 1.29 is 0 Å². The Kier molecular flexibility index (Phi) is 4.30. The standard InChI is InChI=1S/C14H21NS/c1-11(10-16-2)15-14-8-13(9-14)12-6-4-3-5-7-12/h3-7,11,13-15H,8-10H2,1-2H3. The van der Waals surface area contributed by atoms with Gasteiger partial charge in [-0.1, -0.05) is 30.3 Å². The highest BCUT2D eigenvalue weighted by Crippen LogP contribution is 2.36. The van der Waals surface area contributed by atoms with Gasteiger partial charge in [0.25, 0.3) is 0 Å². The van der Waals surface area contributed by atoms with Crippen molar-refractivity contribution in [1.82, 2.24) is 5.32 Å². The normalized spacial score (nSPS) is 26.1. The van der Waals surface area contributed by atoms with Gasteiger partial charge in [-0.2, -0.15) is 11.8 Å². The highest BCUT2D eigenvalue weighted by Gasteiger charge is 2.30. The van der Waals surface area contributed by atoms with Crippen LogP contribution in [-0.2, 0) is 0 Å². The number of hydrogen-bond acceptors (Lipinski definition) is 2. The van der Waals surface area contributed by atoms with E-state index in [1.54, 1.807) is 0 Å². The van der Waals surface area contributed by atoms with Crippen LogP contribution in [0.2, 0.25) is 0 Å². The van der Waals surface area contributed by atoms with Gasteiger partial charge in [-0.15, -0.1) is 0 Å². The summed E-state index contributed by atoms with van der Waals surface area (Å²) in [4.78, 5) is 0. The predicted octanol–water partition coefficient (Wildman–Crippen LogP) is 3.27. The molecule has 0 amide bonds. The van der Waals surface area contributed by atoms with Crippen molar-refractivity contribution in [2.75, 3.05) is 12.0 Å². The van der Waals surface area contributed by atoms with E-state index in [0.717, 1.165) is 12.0 Å². The molecule has 88 valence electrons. The second-order valence-electron chi connectivity index (χ2n) is 4.80. The number of thioether (sulfide) groups is 1. The van der Waals surface area contributed by atoms with Crippen LogP contribution in [0, 0.1) is 0 Å². The molecule has 1 atom stereocenters. The molecule has 1 aromatic rings. The minimum atomic E-state index is 0.650. The molecular formula is C14H21NS. The summed E-state index contributed by atoms with van der Waals surface area (Å²) in [5, 5.41) is 3.70. The molecule has 1 aliphatic rings. The van der Waals surface area contributed by atoms with Crippen LogP contribution >= 0.6 is 11.8 Å². The largest absolute Gasteiger partial charge is 0.311 e. The third kappa shape index (κ3) is 3.02. The minimum absolute atomic E-state index is 0.650. The summed E-state index contributed by atoms with van der Waals surface area (Å²) in [6.45, 7) is 2.28. The fourth-order valence-electron chi connectivity index (χ4n) is 2.45. The maximum absolute atomic E-state index is 3.70. The number of nitrogens with one attached hydrogen (secondary N) is 1. The zero-order valence-electron chi connectivity index (χ0n) is 10.1. The van der Waals surface area contributed by atoms with Crippen molar-refractivity contribution in [3.63, 3.8) is 0 Å². The van der Waals surface area contributed by atoms with Gasteiger partial charge in [-0.05, 0) is 37.5 Å². The first-order valence-corrected chi connectivity index (χ1v) is 7.49. The Bertz CT molecular complexity index is 306. The lowest BCUT2D eigenvalue weighted by Crippen LogP contribution is -2.45. The molecule has 1 fully saturated rings. The van der Waals surface area contributed by atoms with Gasteiger partial charge in [0.2, 0.25) is 0 Å². The van der Waals surface area contributed by atoms with E-state index in [1.165, 1.54) is 24.2 Å². The van der Waals surface area contributed by atoms with E-state index in [2.05, 4.69) is 48.8 Å². The second-order valence-corrected chi connectivity index (χ2v) is 5.71. The van der Waals surface area contributed by atoms with Crippen molar-refractivity contribution in [1.29, 1.82) is 0 Å². The molecule has 1 aromatic carbocycles. The topological polar surface area (TPSA) is 12.0 Å². The molecule has 0 bridgehead atoms. The summed E-state index contributed by atoms with van der Waals surface area (Å²) in [7, 11) is 0. The molecule has 0 aromatic heterocycles. The van der Waals surface area contributed by atoms with E-state index in [4.69, 9.17) is 0 Å². The fraction of sp³-hybridized carbons (Fsp3) is 0.571. The molecule has 1 unspecified atom stereocenters. The first kappa shape index (κ1) is 12.0. The van der Waals surface area contributed by atoms with Gasteiger partial charge >= 0.3 is 0 Å². The van der Waals surface area contributed by atoms with Crippen LogP contribution in [0.4, 0.5) is 0 Å². The number of hydrogen-bond donors (Lipinski definition) is 1. The molecule has 1 N–H and O–H groups in total. The number of benzene rings is 1. The average molecular weight is 235 g/mol. The SMILES string of the molecule is CSCC(C)NC1CC(c2ccccc2)C1. The molecule has 0 aliphatic heterocycles. The minimum Gasteiger partial charge on any atom is -0.311 e. The van der Waals surface area contributed by atoms with Crippen molar-refractivity contribution >= 4 is 11.8 Å². The van der Waals surface area contributed by atoms with Crippen LogP contribution in [0.3, 0.4) is 0 Å². The number of rotatable bonds is 5. The molecular weight excluding hydrogens is 214 g/mol. The van der Waals surface area contributed by atoms with Crippen LogP contribution in [-0.4, -0.2) is 24.1 Å². The van der Waals surface area contributed by atoms with Crippen molar-refractivity contribution in [2.45, 2.75) is 37.8 Å². The summed E-state index contributed by atoms with van der Waals surface area (Å²) in [6, 6.07) is 12.3. The lowest BCUT2D eigenvalue weighted by atomic mass is 9.75. The molecule has 0 heterocycles. The van der Waals surface area contributed by atoms with Crippen molar-refractivity contribution in [2.24, 2.45) is 0 Å². The lowest BCUT2D eigenvalue weighted by molar-refractivity contribution is 0.276. The predicted molar refractivity (Wildman–Crippen MR) is 73.2 cm³/mol. The molecule has 0 saturated heterocycles. The van der Waals surface area contributed by atoms with Gasteiger partial charge in [0, 0.05) is 17.8 Å². The molecule has 1 aliphatic carbocycles. The Balaban J connectivity index is 1.74. The van der Waals surface area contributed by atoms with Gasteiger partial charge < -0.3 is 5.32 Å². The Morgan fingerprint density at radius 2 is 2.00 bits per heavy atom. The van der Waals surface area contributed by atoms with Crippen LogP contribution < -0.4 is 5.32 Å². The molecule has 1 nitrogen and oxygen atoms in total. The van der Waals surface area contributed by atoms with Gasteiger partial charge in [-0.3, -0.25) is 0 Å². The zero-order valence-corrected chi connectivity index (χ0v) is 11.0. The van der Waals surface area contributed by atoms with Gasteiger partial charge in [0.05, 0.1) is 0 Å². The summed E-state index contributed by atoms with van der Waals surface area (Å²) in [5.74, 6) is 2.01. The highest BCUT2D eigenvalue weighted by molar-refractivity contribution is 7.98. The van der Waals surface area contributed by atoms with E-state index < -0.39 is 0 Å². The summed E-state index contributed by atoms with van der Waals surface area (Å²) in [6.07, 6.45) is 4.79. The lowest BCUT2D eigenvalue weighted by Gasteiger charge is -2.38. The Hall–Kier alpha value is -0.470. The summed E-state index contributed by atoms with van der Waals surface area (Å²) < 4.78 is 0. The van der Waals surface area contributed by atoms with E-state index in [1.807, 2.05) is 11.8 Å². The molecule has 0 radical (unpaired) electrons. The first-order valence-electron chi connectivity index (χ1n) is 6.09. The maximum atomic E-state index is 3.70. The molecule has 0 spiro atoms. The second kappa shape index (κ2) is 5.74. The average Bonchev–Trinajstić information content (AvgIpc) is 2.24. The third-order valence-electron chi connectivity index (χ3n) is 3.35. The van der Waals surface area contributed by atoms with Gasteiger partial charge in [0.1, 0.15) is 0 Å². The highest BCUT2D eigenvalue weighted by atomic mass is 32.2. The van der Waals surface area contributed by atoms with Crippen LogP contribution in [0.1, 0.15) is 31.2 Å². The van der Waals surface area contributed by atoms with E-state index in [9.17, 15) is 0 Å². The zero-order chi connectivity index (χ0) is 11.4. The van der Waals surface area contributed by atoms with E-state index in [-0.39, 0.29) is 0 Å². The Morgan fingerprint density at radius 1 is 1.31 bits per heavy atom. The molecule has 1 saturated carbocycles. The molecule has 2 rings (SSSR count). The van der Waals surface area contributed by atoms with E-state index in [0.29, 0.717) is 6.04 Å². The quantitative estimate of drug-likeness (QED) is 0.840. The maximum Gasteiger partial charge on any atom is 0.0132 e. The Labute approximate surface area is 103 Å². The molecule has 2 heteroatoms. The van der Waals surface area contributed by atoms with Gasteiger partial charge in [0.15, 0.2) is 0 Å². The van der Waals surface area contributed by atoms with Crippen molar-refractivity contribution in [3.05, 3.63) is 35.9 Å². The van der Waals surface area contributed by atoms with Gasteiger partial charge in [-0.25, -0.2) is 0 Å². The third-order valence-corrected chi connectivity index (χ3v) is 4.18. The fourth-order valence-corrected chi connectivity index (χ4v) is 3.05. The monoisotopic (exact) mass is 235 g/mol. The summed E-state index contributed by atoms with van der Waals surface area (Å²) in [5.41, 5.74) is 1.51. The van der Waals surface area contributed by atoms with Crippen LogP contribution in [0.15, 0.2) is 30.3 Å². The van der Waals surface area contributed by atoms with E-state index >= 15 is 0 Å². The first-order chi connectivity index (χ1) is 7.79. The smallest absolute Gasteiger partial charge is 0.0132 e. The summed E-state index contributed by atoms with van der Waals surface area (Å²) >= 11 is 1.92. The van der Waals surface area contributed by atoms with Crippen LogP contribution in [0.5, 0.6) is 0 Å². The Morgan fingerprint density at radius 3 is 2.62 bits per heavy atom. The van der Waals surface area contributed by atoms with Crippen molar-refractivity contribution in [3.8, 4) is 0 Å².